The van der Waals surface area contributed by atoms with Gasteiger partial charge in [-0.1, -0.05) is 11.6 Å². The van der Waals surface area contributed by atoms with Gasteiger partial charge in [-0.05, 0) is 20.8 Å². The van der Waals surface area contributed by atoms with E-state index in [-0.39, 0.29) is 5.54 Å². The lowest BCUT2D eigenvalue weighted by molar-refractivity contribution is 0.0636. The number of rotatable bonds is 1. The molecule has 19 heavy (non-hydrogen) atoms. The van der Waals surface area contributed by atoms with Crippen LogP contribution >= 0.6 is 11.6 Å². The lowest BCUT2D eigenvalue weighted by atomic mass is 10.0. The minimum Gasteiger partial charge on any atom is -0.377 e. The number of morpholine rings is 1. The third kappa shape index (κ3) is 1.95. The Hall–Kier alpha value is -1.40. The van der Waals surface area contributed by atoms with E-state index in [9.17, 15) is 0 Å². The fourth-order valence-electron chi connectivity index (χ4n) is 2.45. The van der Waals surface area contributed by atoms with E-state index in [2.05, 4.69) is 33.8 Å². The largest absolute Gasteiger partial charge is 0.377 e. The van der Waals surface area contributed by atoms with Gasteiger partial charge in [-0.2, -0.15) is 19.6 Å². The molecule has 0 spiro atoms. The fraction of sp³-hybridized carbons (Fsp3) is 0.583. The van der Waals surface area contributed by atoms with E-state index in [1.165, 1.54) is 6.33 Å². The highest BCUT2D eigenvalue weighted by molar-refractivity contribution is 6.30. The van der Waals surface area contributed by atoms with Gasteiger partial charge >= 0.3 is 0 Å². The van der Waals surface area contributed by atoms with Crippen LogP contribution in [0.1, 0.15) is 19.4 Å². The predicted molar refractivity (Wildman–Crippen MR) is 72.8 cm³/mol. The van der Waals surface area contributed by atoms with Gasteiger partial charge in [-0.15, -0.1) is 0 Å². The molecule has 1 aliphatic rings. The number of hydrogen-bond acceptors (Lipinski definition) is 5. The quantitative estimate of drug-likeness (QED) is 0.745. The molecule has 2 aromatic heterocycles. The van der Waals surface area contributed by atoms with Crippen molar-refractivity contribution in [3.63, 3.8) is 0 Å². The van der Waals surface area contributed by atoms with Crippen LogP contribution in [0.25, 0.3) is 5.78 Å². The Bertz CT molecular complexity index is 624. The molecule has 0 aliphatic carbocycles. The Balaban J connectivity index is 2.23. The van der Waals surface area contributed by atoms with E-state index in [0.29, 0.717) is 24.1 Å². The molecule has 0 atom stereocenters. The third-order valence-corrected chi connectivity index (χ3v) is 3.84. The van der Waals surface area contributed by atoms with Gasteiger partial charge < -0.3 is 9.64 Å². The van der Waals surface area contributed by atoms with E-state index in [1.54, 1.807) is 4.52 Å². The van der Waals surface area contributed by atoms with Gasteiger partial charge in [-0.25, -0.2) is 0 Å². The van der Waals surface area contributed by atoms with Crippen molar-refractivity contribution in [3.05, 3.63) is 17.0 Å². The second kappa shape index (κ2) is 4.31. The van der Waals surface area contributed by atoms with Gasteiger partial charge in [0.15, 0.2) is 0 Å². The number of ether oxygens (including phenoxy) is 1. The number of anilines is 1. The van der Waals surface area contributed by atoms with Crippen LogP contribution in [-0.2, 0) is 4.74 Å². The molecule has 1 saturated heterocycles. The van der Waals surface area contributed by atoms with Crippen molar-refractivity contribution in [1.29, 1.82) is 0 Å². The number of halogens is 1. The van der Waals surface area contributed by atoms with Gasteiger partial charge in [-0.3, -0.25) is 0 Å². The summed E-state index contributed by atoms with van der Waals surface area (Å²) in [4.78, 5) is 10.6. The van der Waals surface area contributed by atoms with Crippen LogP contribution in [0.5, 0.6) is 0 Å². The van der Waals surface area contributed by atoms with Crippen LogP contribution in [0.3, 0.4) is 0 Å². The first-order valence-electron chi connectivity index (χ1n) is 6.22. The molecule has 7 heteroatoms. The first kappa shape index (κ1) is 12.6. The molecule has 0 bridgehead atoms. The molecule has 0 aromatic carbocycles. The highest BCUT2D eigenvalue weighted by Crippen LogP contribution is 2.32. The van der Waals surface area contributed by atoms with Crippen LogP contribution in [0.15, 0.2) is 6.33 Å². The minimum absolute atomic E-state index is 0.118. The summed E-state index contributed by atoms with van der Waals surface area (Å²) in [5, 5.41) is 4.73. The van der Waals surface area contributed by atoms with Crippen molar-refractivity contribution in [2.24, 2.45) is 0 Å². The van der Waals surface area contributed by atoms with Crippen molar-refractivity contribution in [2.75, 3.05) is 24.7 Å². The molecule has 0 amide bonds. The highest BCUT2D eigenvalue weighted by Gasteiger charge is 2.34. The smallest absolute Gasteiger partial charge is 0.255 e. The standard InChI is InChI=1S/C12H16ClN5O/c1-8-9(13)16-11-14-7-15-18(11)10(8)17-4-5-19-6-12(17,2)3/h7H,4-6H2,1-3H3. The maximum atomic E-state index is 6.21. The maximum absolute atomic E-state index is 6.21. The Morgan fingerprint density at radius 1 is 1.42 bits per heavy atom. The summed E-state index contributed by atoms with van der Waals surface area (Å²) >= 11 is 6.21. The zero-order valence-electron chi connectivity index (χ0n) is 11.2. The van der Waals surface area contributed by atoms with Gasteiger partial charge in [0.25, 0.3) is 5.78 Å². The summed E-state index contributed by atoms with van der Waals surface area (Å²) in [7, 11) is 0. The second-order valence-electron chi connectivity index (χ2n) is 5.34. The molecule has 2 aromatic rings. The van der Waals surface area contributed by atoms with Crippen LogP contribution in [0.2, 0.25) is 5.15 Å². The molecule has 0 saturated carbocycles. The number of fused-ring (bicyclic) bond motifs is 1. The Kier molecular flexibility index (Phi) is 2.87. The van der Waals surface area contributed by atoms with Crippen molar-refractivity contribution in [2.45, 2.75) is 26.3 Å². The molecule has 0 unspecified atom stereocenters. The molecular weight excluding hydrogens is 266 g/mol. The number of nitrogens with zero attached hydrogens (tertiary/aromatic N) is 5. The van der Waals surface area contributed by atoms with E-state index in [4.69, 9.17) is 16.3 Å². The lowest BCUT2D eigenvalue weighted by Gasteiger charge is -2.44. The monoisotopic (exact) mass is 281 g/mol. The number of aromatic nitrogens is 4. The van der Waals surface area contributed by atoms with E-state index >= 15 is 0 Å². The van der Waals surface area contributed by atoms with Gasteiger partial charge in [0.05, 0.1) is 18.8 Å². The van der Waals surface area contributed by atoms with Crippen LogP contribution in [0.4, 0.5) is 5.82 Å². The molecular formula is C12H16ClN5O. The first-order chi connectivity index (χ1) is 9.00. The lowest BCUT2D eigenvalue weighted by Crippen LogP contribution is -2.54. The summed E-state index contributed by atoms with van der Waals surface area (Å²) in [6.45, 7) is 8.40. The van der Waals surface area contributed by atoms with Crippen molar-refractivity contribution in [1.82, 2.24) is 19.6 Å². The van der Waals surface area contributed by atoms with Crippen LogP contribution in [-0.4, -0.2) is 44.9 Å². The van der Waals surface area contributed by atoms with E-state index in [1.807, 2.05) is 6.92 Å². The van der Waals surface area contributed by atoms with Gasteiger partial charge in [0.2, 0.25) is 0 Å². The predicted octanol–water partition coefficient (Wildman–Crippen LogP) is 1.70. The zero-order valence-corrected chi connectivity index (χ0v) is 12.0. The average Bonchev–Trinajstić information content (AvgIpc) is 2.79. The molecule has 3 rings (SSSR count). The van der Waals surface area contributed by atoms with E-state index in [0.717, 1.165) is 17.9 Å². The molecule has 3 heterocycles. The van der Waals surface area contributed by atoms with Gasteiger partial charge in [0.1, 0.15) is 17.3 Å². The highest BCUT2D eigenvalue weighted by atomic mass is 35.5. The number of hydrogen-bond donors (Lipinski definition) is 0. The summed E-state index contributed by atoms with van der Waals surface area (Å²) in [5.41, 5.74) is 0.793. The topological polar surface area (TPSA) is 55.5 Å². The molecule has 6 nitrogen and oxygen atoms in total. The molecule has 0 N–H and O–H groups in total. The summed E-state index contributed by atoms with van der Waals surface area (Å²) in [5.74, 6) is 1.47. The summed E-state index contributed by atoms with van der Waals surface area (Å²) < 4.78 is 7.31. The van der Waals surface area contributed by atoms with E-state index < -0.39 is 0 Å². The molecule has 0 radical (unpaired) electrons. The molecule has 1 fully saturated rings. The first-order valence-corrected chi connectivity index (χ1v) is 6.60. The summed E-state index contributed by atoms with van der Waals surface area (Å²) in [6, 6.07) is 0. The fourth-order valence-corrected chi connectivity index (χ4v) is 2.61. The second-order valence-corrected chi connectivity index (χ2v) is 5.70. The Morgan fingerprint density at radius 3 is 2.95 bits per heavy atom. The third-order valence-electron chi connectivity index (χ3n) is 3.47. The van der Waals surface area contributed by atoms with Gasteiger partial charge in [0, 0.05) is 12.1 Å². The zero-order chi connectivity index (χ0) is 13.6. The van der Waals surface area contributed by atoms with Crippen molar-refractivity contribution >= 4 is 23.2 Å². The average molecular weight is 282 g/mol. The minimum atomic E-state index is -0.118. The Morgan fingerprint density at radius 2 is 2.21 bits per heavy atom. The maximum Gasteiger partial charge on any atom is 0.255 e. The van der Waals surface area contributed by atoms with Crippen LogP contribution in [0, 0.1) is 6.92 Å². The van der Waals surface area contributed by atoms with Crippen molar-refractivity contribution in [3.8, 4) is 0 Å². The Labute approximate surface area is 116 Å². The normalized spacial score (nSPS) is 19.1. The van der Waals surface area contributed by atoms with Crippen LogP contribution < -0.4 is 4.90 Å². The SMILES string of the molecule is Cc1c(Cl)nc2ncnn2c1N1CCOCC1(C)C. The summed E-state index contributed by atoms with van der Waals surface area (Å²) in [6.07, 6.45) is 1.50. The van der Waals surface area contributed by atoms with Crippen molar-refractivity contribution < 1.29 is 4.74 Å². The molecule has 102 valence electrons. The molecule has 1 aliphatic heterocycles.